The largest absolute Gasteiger partial charge is 0.326 e. The lowest BCUT2D eigenvalue weighted by Gasteiger charge is -2.22. The van der Waals surface area contributed by atoms with Crippen LogP contribution >= 0.6 is 11.3 Å². The molecule has 2 heterocycles. The molecule has 1 aliphatic heterocycles. The van der Waals surface area contributed by atoms with E-state index in [1.165, 1.54) is 15.6 Å². The molecule has 1 aromatic carbocycles. The summed E-state index contributed by atoms with van der Waals surface area (Å²) in [6.45, 7) is 6.14. The van der Waals surface area contributed by atoms with Gasteiger partial charge in [0.1, 0.15) is 10.3 Å². The van der Waals surface area contributed by atoms with Crippen LogP contribution in [0.15, 0.2) is 40.6 Å². The first-order valence-corrected chi connectivity index (χ1v) is 12.2. The summed E-state index contributed by atoms with van der Waals surface area (Å²) in [6.07, 6.45) is 1.56. The zero-order valence-corrected chi connectivity index (χ0v) is 19.0. The lowest BCUT2D eigenvalue weighted by Crippen LogP contribution is -2.42. The van der Waals surface area contributed by atoms with E-state index in [1.54, 1.807) is 36.4 Å². The minimum Gasteiger partial charge on any atom is -0.326 e. The number of anilines is 2. The Bertz CT molecular complexity index is 1010. The number of thiophene rings is 1. The second-order valence-corrected chi connectivity index (χ2v) is 11.3. The highest BCUT2D eigenvalue weighted by Crippen LogP contribution is 2.30. The van der Waals surface area contributed by atoms with E-state index in [9.17, 15) is 18.0 Å². The van der Waals surface area contributed by atoms with Gasteiger partial charge in [-0.05, 0) is 62.1 Å². The number of amides is 2. The van der Waals surface area contributed by atoms with Crippen molar-refractivity contribution in [3.8, 4) is 0 Å². The number of carbonyl (C=O) groups excluding carboxylic acids is 2. The van der Waals surface area contributed by atoms with Gasteiger partial charge >= 0.3 is 0 Å². The number of sulfonamides is 1. The summed E-state index contributed by atoms with van der Waals surface area (Å²) in [5, 5.41) is 5.62. The summed E-state index contributed by atoms with van der Waals surface area (Å²) < 4.78 is 27.5. The molecule has 2 aromatic rings. The lowest BCUT2D eigenvalue weighted by molar-refractivity contribution is -0.119. The van der Waals surface area contributed by atoms with Crippen LogP contribution in [-0.2, 0) is 19.6 Å². The van der Waals surface area contributed by atoms with Crippen molar-refractivity contribution in [3.63, 3.8) is 0 Å². The molecule has 0 saturated carbocycles. The Morgan fingerprint density at radius 1 is 1.10 bits per heavy atom. The van der Waals surface area contributed by atoms with Gasteiger partial charge in [-0.3, -0.25) is 9.59 Å². The molecule has 1 aliphatic rings. The number of nitrogens with one attached hydrogen (secondary N) is 2. The molecule has 0 unspecified atom stereocenters. The van der Waals surface area contributed by atoms with Crippen LogP contribution in [0.2, 0.25) is 0 Å². The number of nitrogens with zero attached hydrogens (tertiary/aromatic N) is 1. The van der Waals surface area contributed by atoms with Gasteiger partial charge in [-0.1, -0.05) is 13.8 Å². The molecule has 0 spiro atoms. The average Bonchev–Trinajstić information content (AvgIpc) is 3.32. The predicted molar refractivity (Wildman–Crippen MR) is 119 cm³/mol. The summed E-state index contributed by atoms with van der Waals surface area (Å²) >= 11 is 1.21. The van der Waals surface area contributed by atoms with E-state index in [1.807, 2.05) is 20.8 Å². The van der Waals surface area contributed by atoms with Crippen molar-refractivity contribution in [2.45, 2.75) is 50.3 Å². The van der Waals surface area contributed by atoms with Crippen LogP contribution in [0.1, 0.15) is 38.0 Å². The average molecular weight is 450 g/mol. The summed E-state index contributed by atoms with van der Waals surface area (Å²) in [4.78, 5) is 25.6. The number of hydrogen-bond acceptors (Lipinski definition) is 5. The third-order valence-corrected chi connectivity index (χ3v) is 8.19. The highest BCUT2D eigenvalue weighted by atomic mass is 32.2. The van der Waals surface area contributed by atoms with Crippen LogP contribution in [0.25, 0.3) is 0 Å². The van der Waals surface area contributed by atoms with Gasteiger partial charge in [0.25, 0.3) is 10.0 Å². The molecule has 2 amide bonds. The van der Waals surface area contributed by atoms with E-state index < -0.39 is 16.1 Å². The highest BCUT2D eigenvalue weighted by molar-refractivity contribution is 7.91. The second kappa shape index (κ2) is 9.28. The smallest absolute Gasteiger partial charge is 0.253 e. The topological polar surface area (TPSA) is 95.6 Å². The molecule has 162 valence electrons. The maximum atomic E-state index is 13.0. The maximum Gasteiger partial charge on any atom is 0.253 e. The van der Waals surface area contributed by atoms with E-state index >= 15 is 0 Å². The van der Waals surface area contributed by atoms with Crippen LogP contribution in [0.4, 0.5) is 11.4 Å². The van der Waals surface area contributed by atoms with Crippen molar-refractivity contribution in [1.29, 1.82) is 0 Å². The normalized spacial score (nSPS) is 17.3. The Hall–Kier alpha value is -2.23. The fraction of sp³-hybridized carbons (Fsp3) is 0.429. The summed E-state index contributed by atoms with van der Waals surface area (Å²) in [5.41, 5.74) is 1.20. The fourth-order valence-corrected chi connectivity index (χ4v) is 6.47. The van der Waals surface area contributed by atoms with Gasteiger partial charge in [0.2, 0.25) is 11.8 Å². The highest BCUT2D eigenvalue weighted by Gasteiger charge is 2.40. The first-order chi connectivity index (χ1) is 14.2. The Morgan fingerprint density at radius 3 is 2.30 bits per heavy atom. The molecule has 1 fully saturated rings. The molecule has 0 bridgehead atoms. The van der Waals surface area contributed by atoms with Crippen molar-refractivity contribution >= 4 is 44.5 Å². The minimum absolute atomic E-state index is 0.0580. The van der Waals surface area contributed by atoms with Gasteiger partial charge in [-0.15, -0.1) is 11.3 Å². The monoisotopic (exact) mass is 449 g/mol. The molecular formula is C21H27N3O4S2. The zero-order chi connectivity index (χ0) is 21.9. The third-order valence-electron chi connectivity index (χ3n) is 4.81. The first kappa shape index (κ1) is 22.5. The van der Waals surface area contributed by atoms with Gasteiger partial charge in [-0.2, -0.15) is 4.31 Å². The summed E-state index contributed by atoms with van der Waals surface area (Å²) in [7, 11) is -3.69. The number of benzene rings is 1. The maximum absolute atomic E-state index is 13.0. The number of hydrogen-bond donors (Lipinski definition) is 2. The van der Waals surface area contributed by atoms with Gasteiger partial charge in [0.05, 0.1) is 0 Å². The summed E-state index contributed by atoms with van der Waals surface area (Å²) in [5.74, 6) is -0.134. The van der Waals surface area contributed by atoms with Gasteiger partial charge in [0.15, 0.2) is 0 Å². The lowest BCUT2D eigenvalue weighted by atomic mass is 10.1. The van der Waals surface area contributed by atoms with Crippen LogP contribution < -0.4 is 10.6 Å². The Kier molecular flexibility index (Phi) is 6.95. The predicted octanol–water partition coefficient (Wildman–Crippen LogP) is 3.83. The molecule has 1 aromatic heterocycles. The molecule has 3 rings (SSSR count). The Balaban J connectivity index is 1.66. The van der Waals surface area contributed by atoms with Crippen LogP contribution in [0, 0.1) is 12.8 Å². The molecular weight excluding hydrogens is 422 g/mol. The van der Waals surface area contributed by atoms with Crippen molar-refractivity contribution in [3.05, 3.63) is 41.3 Å². The van der Waals surface area contributed by atoms with E-state index in [0.29, 0.717) is 37.2 Å². The van der Waals surface area contributed by atoms with E-state index in [0.717, 1.165) is 4.88 Å². The standard InChI is InChI=1S/C21H27N3O4S2/c1-14(2)13-19(25)22-16-7-9-17(10-8-16)23-21(26)18-5-4-12-24(18)30(27,28)20-11-6-15(3)29-20/h6-11,14,18H,4-5,12-13H2,1-3H3,(H,22,25)(H,23,26)/t18-/m1/s1. The van der Waals surface area contributed by atoms with E-state index in [2.05, 4.69) is 10.6 Å². The van der Waals surface area contributed by atoms with Crippen molar-refractivity contribution < 1.29 is 18.0 Å². The van der Waals surface area contributed by atoms with Crippen LogP contribution in [-0.4, -0.2) is 37.1 Å². The SMILES string of the molecule is Cc1ccc(S(=O)(=O)N2CCC[C@@H]2C(=O)Nc2ccc(NC(=O)CC(C)C)cc2)s1. The molecule has 7 nitrogen and oxygen atoms in total. The quantitative estimate of drug-likeness (QED) is 0.671. The number of carbonyl (C=O) groups is 2. The number of aryl methyl sites for hydroxylation is 1. The molecule has 0 aliphatic carbocycles. The van der Waals surface area contributed by atoms with Crippen LogP contribution in [0.3, 0.4) is 0 Å². The molecule has 1 atom stereocenters. The first-order valence-electron chi connectivity index (χ1n) is 9.96. The van der Waals surface area contributed by atoms with Crippen molar-refractivity contribution in [2.24, 2.45) is 5.92 Å². The molecule has 1 saturated heterocycles. The Labute approximate surface area is 181 Å². The Morgan fingerprint density at radius 2 is 1.73 bits per heavy atom. The molecule has 2 N–H and O–H groups in total. The van der Waals surface area contributed by atoms with Gasteiger partial charge in [0, 0.05) is 29.2 Å². The molecule has 9 heteroatoms. The fourth-order valence-electron chi connectivity index (χ4n) is 3.40. The van der Waals surface area contributed by atoms with E-state index in [-0.39, 0.29) is 21.9 Å². The molecule has 30 heavy (non-hydrogen) atoms. The molecule has 0 radical (unpaired) electrons. The summed E-state index contributed by atoms with van der Waals surface area (Å²) in [6, 6.07) is 9.44. The minimum atomic E-state index is -3.69. The number of rotatable bonds is 7. The van der Waals surface area contributed by atoms with Crippen LogP contribution in [0.5, 0.6) is 0 Å². The van der Waals surface area contributed by atoms with Gasteiger partial charge < -0.3 is 10.6 Å². The van der Waals surface area contributed by atoms with Gasteiger partial charge in [-0.25, -0.2) is 8.42 Å². The third kappa shape index (κ3) is 5.27. The van der Waals surface area contributed by atoms with Crippen molar-refractivity contribution in [1.82, 2.24) is 4.31 Å². The van der Waals surface area contributed by atoms with E-state index in [4.69, 9.17) is 0 Å². The zero-order valence-electron chi connectivity index (χ0n) is 17.3. The second-order valence-electron chi connectivity index (χ2n) is 7.85. The van der Waals surface area contributed by atoms with Crippen molar-refractivity contribution in [2.75, 3.05) is 17.2 Å².